The molecule has 0 aliphatic carbocycles. The van der Waals surface area contributed by atoms with Gasteiger partial charge in [-0.3, -0.25) is 10.1 Å². The number of non-ortho nitro benzene ring substituents is 1. The van der Waals surface area contributed by atoms with Crippen LogP contribution in [0.1, 0.15) is 0 Å². The molecule has 0 amide bonds. The molecule has 6 heteroatoms. The average molecular weight is 324 g/mol. The fraction of sp³-hybridized carbons (Fsp3) is 0.250. The van der Waals surface area contributed by atoms with E-state index in [1.54, 1.807) is 0 Å². The van der Waals surface area contributed by atoms with Gasteiger partial charge in [0.25, 0.3) is 5.69 Å². The zero-order valence-electron chi connectivity index (χ0n) is 7.62. The van der Waals surface area contributed by atoms with Crippen molar-refractivity contribution in [3.63, 3.8) is 0 Å². The van der Waals surface area contributed by atoms with Gasteiger partial charge in [-0.15, -0.1) is 0 Å². The van der Waals surface area contributed by atoms with E-state index in [1.165, 1.54) is 12.1 Å². The first-order valence-corrected chi connectivity index (χ1v) is 5.33. The van der Waals surface area contributed by atoms with Crippen LogP contribution in [0.4, 0.5) is 11.4 Å². The van der Waals surface area contributed by atoms with E-state index in [1.807, 2.05) is 19.0 Å². The summed E-state index contributed by atoms with van der Waals surface area (Å²) >= 11 is 6.58. The fourth-order valence-electron chi connectivity index (χ4n) is 1.08. The number of nitro groups is 1. The van der Waals surface area contributed by atoms with Crippen molar-refractivity contribution in [2.45, 2.75) is 0 Å². The summed E-state index contributed by atoms with van der Waals surface area (Å²) in [6, 6.07) is 2.97. The second-order valence-electron chi connectivity index (χ2n) is 2.91. The molecule has 0 heterocycles. The predicted molar refractivity (Wildman–Crippen MR) is 62.8 cm³/mol. The third-order valence-corrected chi connectivity index (χ3v) is 2.87. The van der Waals surface area contributed by atoms with Crippen molar-refractivity contribution in [2.75, 3.05) is 19.0 Å². The van der Waals surface area contributed by atoms with E-state index in [2.05, 4.69) is 31.9 Å². The summed E-state index contributed by atoms with van der Waals surface area (Å²) in [6.07, 6.45) is 0. The van der Waals surface area contributed by atoms with E-state index in [0.717, 1.165) is 5.69 Å². The minimum Gasteiger partial charge on any atom is -0.376 e. The van der Waals surface area contributed by atoms with E-state index in [-0.39, 0.29) is 5.69 Å². The number of anilines is 1. The monoisotopic (exact) mass is 322 g/mol. The maximum Gasteiger partial charge on any atom is 0.271 e. The van der Waals surface area contributed by atoms with E-state index < -0.39 is 4.92 Å². The van der Waals surface area contributed by atoms with Crippen LogP contribution in [0.2, 0.25) is 0 Å². The quantitative estimate of drug-likeness (QED) is 0.620. The van der Waals surface area contributed by atoms with Crippen LogP contribution in [0.5, 0.6) is 0 Å². The zero-order chi connectivity index (χ0) is 10.9. The Morgan fingerprint density at radius 1 is 1.29 bits per heavy atom. The van der Waals surface area contributed by atoms with Gasteiger partial charge in [0.2, 0.25) is 0 Å². The largest absolute Gasteiger partial charge is 0.376 e. The second kappa shape index (κ2) is 4.27. The van der Waals surface area contributed by atoms with Gasteiger partial charge in [-0.25, -0.2) is 0 Å². The Balaban J connectivity index is 3.32. The molecule has 1 aromatic carbocycles. The molecule has 0 saturated carbocycles. The Kier molecular flexibility index (Phi) is 3.49. The summed E-state index contributed by atoms with van der Waals surface area (Å²) in [7, 11) is 3.74. The molecule has 0 fully saturated rings. The number of nitrogens with zero attached hydrogens (tertiary/aromatic N) is 2. The molecular weight excluding hydrogens is 316 g/mol. The molecule has 1 aromatic rings. The molecule has 4 nitrogen and oxygen atoms in total. The van der Waals surface area contributed by atoms with Gasteiger partial charge in [0.05, 0.1) is 10.6 Å². The molecule has 0 aliphatic heterocycles. The van der Waals surface area contributed by atoms with Gasteiger partial charge < -0.3 is 4.90 Å². The van der Waals surface area contributed by atoms with Crippen molar-refractivity contribution in [3.8, 4) is 0 Å². The lowest BCUT2D eigenvalue weighted by molar-refractivity contribution is -0.385. The normalized spacial score (nSPS) is 10.0. The molecule has 14 heavy (non-hydrogen) atoms. The van der Waals surface area contributed by atoms with Gasteiger partial charge in [0.1, 0.15) is 0 Å². The topological polar surface area (TPSA) is 46.4 Å². The predicted octanol–water partition coefficient (Wildman–Crippen LogP) is 3.19. The number of rotatable bonds is 2. The van der Waals surface area contributed by atoms with Crippen molar-refractivity contribution < 1.29 is 4.92 Å². The van der Waals surface area contributed by atoms with Gasteiger partial charge in [0, 0.05) is 35.2 Å². The van der Waals surface area contributed by atoms with Crippen LogP contribution in [0.25, 0.3) is 0 Å². The van der Waals surface area contributed by atoms with Gasteiger partial charge in [0.15, 0.2) is 0 Å². The van der Waals surface area contributed by atoms with Gasteiger partial charge in [-0.05, 0) is 31.9 Å². The molecule has 0 atom stereocenters. The third-order valence-electron chi connectivity index (χ3n) is 1.66. The number of hydrogen-bond acceptors (Lipinski definition) is 3. The third kappa shape index (κ3) is 2.24. The summed E-state index contributed by atoms with van der Waals surface area (Å²) < 4.78 is 1.40. The van der Waals surface area contributed by atoms with Gasteiger partial charge in [-0.1, -0.05) is 0 Å². The Morgan fingerprint density at radius 3 is 2.00 bits per heavy atom. The molecular formula is C8H8Br2N2O2. The van der Waals surface area contributed by atoms with Crippen molar-refractivity contribution in [1.29, 1.82) is 0 Å². The summed E-state index contributed by atoms with van der Waals surface area (Å²) in [6.45, 7) is 0. The highest BCUT2D eigenvalue weighted by Crippen LogP contribution is 2.36. The molecule has 0 N–H and O–H groups in total. The maximum atomic E-state index is 10.5. The Morgan fingerprint density at radius 2 is 1.71 bits per heavy atom. The molecule has 0 spiro atoms. The van der Waals surface area contributed by atoms with Crippen LogP contribution in [-0.4, -0.2) is 19.0 Å². The Hall–Kier alpha value is -0.620. The average Bonchev–Trinajstić information content (AvgIpc) is 2.01. The summed E-state index contributed by atoms with van der Waals surface area (Å²) in [4.78, 5) is 12.0. The molecule has 0 aromatic heterocycles. The van der Waals surface area contributed by atoms with Gasteiger partial charge in [-0.2, -0.15) is 0 Å². The molecule has 1 rings (SSSR count). The van der Waals surface area contributed by atoms with Crippen LogP contribution < -0.4 is 4.90 Å². The fourth-order valence-corrected chi connectivity index (χ4v) is 2.96. The highest BCUT2D eigenvalue weighted by Gasteiger charge is 2.14. The molecule has 0 bridgehead atoms. The van der Waals surface area contributed by atoms with Crippen LogP contribution >= 0.6 is 31.9 Å². The maximum absolute atomic E-state index is 10.5. The first-order chi connectivity index (χ1) is 6.43. The lowest BCUT2D eigenvalue weighted by Gasteiger charge is -2.16. The Bertz CT molecular complexity index is 357. The minimum absolute atomic E-state index is 0.0642. The minimum atomic E-state index is -0.422. The molecule has 76 valence electrons. The van der Waals surface area contributed by atoms with Crippen LogP contribution in [0.15, 0.2) is 21.1 Å². The lowest BCUT2D eigenvalue weighted by atomic mass is 10.3. The first-order valence-electron chi connectivity index (χ1n) is 3.74. The molecule has 0 radical (unpaired) electrons. The molecule has 0 unspecified atom stereocenters. The number of hydrogen-bond donors (Lipinski definition) is 0. The first kappa shape index (κ1) is 11.5. The smallest absolute Gasteiger partial charge is 0.271 e. The van der Waals surface area contributed by atoms with Crippen LogP contribution in [0, 0.1) is 10.1 Å². The lowest BCUT2D eigenvalue weighted by Crippen LogP contribution is -2.10. The molecule has 0 aliphatic rings. The van der Waals surface area contributed by atoms with E-state index in [4.69, 9.17) is 0 Å². The van der Waals surface area contributed by atoms with Gasteiger partial charge >= 0.3 is 0 Å². The van der Waals surface area contributed by atoms with E-state index in [9.17, 15) is 10.1 Å². The number of halogens is 2. The summed E-state index contributed by atoms with van der Waals surface area (Å²) in [5.41, 5.74) is 0.949. The SMILES string of the molecule is CN(C)c1c(Br)cc([N+](=O)[O-])cc1Br. The summed E-state index contributed by atoms with van der Waals surface area (Å²) in [5, 5.41) is 10.5. The highest BCUT2D eigenvalue weighted by atomic mass is 79.9. The summed E-state index contributed by atoms with van der Waals surface area (Å²) in [5.74, 6) is 0. The number of benzene rings is 1. The van der Waals surface area contributed by atoms with E-state index >= 15 is 0 Å². The van der Waals surface area contributed by atoms with Crippen molar-refractivity contribution in [1.82, 2.24) is 0 Å². The Labute approximate surface area is 98.3 Å². The zero-order valence-corrected chi connectivity index (χ0v) is 10.8. The number of nitro benzene ring substituents is 1. The van der Waals surface area contributed by atoms with Crippen LogP contribution in [-0.2, 0) is 0 Å². The highest BCUT2D eigenvalue weighted by molar-refractivity contribution is 9.11. The molecule has 0 saturated heterocycles. The van der Waals surface area contributed by atoms with Crippen LogP contribution in [0.3, 0.4) is 0 Å². The van der Waals surface area contributed by atoms with E-state index in [0.29, 0.717) is 8.95 Å². The van der Waals surface area contributed by atoms with Crippen molar-refractivity contribution in [3.05, 3.63) is 31.2 Å². The second-order valence-corrected chi connectivity index (χ2v) is 4.62. The van der Waals surface area contributed by atoms with Crippen molar-refractivity contribution >= 4 is 43.2 Å². The van der Waals surface area contributed by atoms with Crippen molar-refractivity contribution in [2.24, 2.45) is 0 Å². The standard InChI is InChI=1S/C8H8Br2N2O2/c1-11(2)8-6(9)3-5(12(13)14)4-7(8)10/h3-4H,1-2H3.